The highest BCUT2D eigenvalue weighted by molar-refractivity contribution is 7.98. The van der Waals surface area contributed by atoms with Crippen LogP contribution < -0.4 is 14.7 Å². The number of hydrogen-bond donors (Lipinski definition) is 2. The molecule has 180 valence electrons. The van der Waals surface area contributed by atoms with Crippen LogP contribution in [0.1, 0.15) is 5.56 Å². The second kappa shape index (κ2) is 10.6. The van der Waals surface area contributed by atoms with Crippen LogP contribution in [0.3, 0.4) is 0 Å². The fourth-order valence-corrected chi connectivity index (χ4v) is 6.50. The molecule has 9 nitrogen and oxygen atoms in total. The highest BCUT2D eigenvalue weighted by atomic mass is 32.2. The van der Waals surface area contributed by atoms with E-state index in [0.717, 1.165) is 53.8 Å². The van der Waals surface area contributed by atoms with Crippen molar-refractivity contribution in [3.05, 3.63) is 42.2 Å². The van der Waals surface area contributed by atoms with Gasteiger partial charge in [-0.3, -0.25) is 8.69 Å². The van der Waals surface area contributed by atoms with Crippen molar-refractivity contribution in [2.45, 2.75) is 10.8 Å². The Morgan fingerprint density at radius 1 is 1.06 bits per heavy atom. The molecule has 0 amide bonds. The number of aromatic nitrogens is 4. The van der Waals surface area contributed by atoms with Gasteiger partial charge < -0.3 is 15.3 Å². The summed E-state index contributed by atoms with van der Waals surface area (Å²) in [5, 5.41) is 14.1. The van der Waals surface area contributed by atoms with Crippen LogP contribution >= 0.6 is 11.8 Å². The van der Waals surface area contributed by atoms with E-state index in [0.29, 0.717) is 41.6 Å². The third kappa shape index (κ3) is 4.94. The lowest BCUT2D eigenvalue weighted by Gasteiger charge is -2.39. The minimum atomic E-state index is -0.785. The van der Waals surface area contributed by atoms with Crippen molar-refractivity contribution in [1.29, 1.82) is 0 Å². The van der Waals surface area contributed by atoms with E-state index in [1.807, 2.05) is 18.2 Å². The van der Waals surface area contributed by atoms with Gasteiger partial charge in [-0.15, -0.1) is 0 Å². The molecule has 1 aromatic carbocycles. The second-order valence-electron chi connectivity index (χ2n) is 8.62. The van der Waals surface area contributed by atoms with Gasteiger partial charge >= 0.3 is 5.95 Å². The first kappa shape index (κ1) is 23.6. The maximum atomic E-state index is 12.0. The van der Waals surface area contributed by atoms with E-state index < -0.39 is 10.8 Å². The van der Waals surface area contributed by atoms with E-state index in [1.165, 1.54) is 5.56 Å². The summed E-state index contributed by atoms with van der Waals surface area (Å²) in [6.45, 7) is 5.32. The maximum absolute atomic E-state index is 12.0. The first-order chi connectivity index (χ1) is 16.7. The molecule has 5 rings (SSSR count). The smallest absolute Gasteiger partial charge is 0.331 e. The van der Waals surface area contributed by atoms with Crippen LogP contribution in [0.2, 0.25) is 0 Å². The van der Waals surface area contributed by atoms with Gasteiger partial charge in [-0.1, -0.05) is 42.1 Å². The Labute approximate surface area is 206 Å². The lowest BCUT2D eigenvalue weighted by molar-refractivity contribution is 0.174. The number of aliphatic hydroxyl groups is 1. The first-order valence-electron chi connectivity index (χ1n) is 11.7. The van der Waals surface area contributed by atoms with Gasteiger partial charge in [0.1, 0.15) is 28.9 Å². The van der Waals surface area contributed by atoms with Crippen LogP contribution in [0.15, 0.2) is 41.7 Å². The summed E-state index contributed by atoms with van der Waals surface area (Å²) in [5.74, 6) is 3.53. The summed E-state index contributed by atoms with van der Waals surface area (Å²) in [6, 6.07) is 10.3. The van der Waals surface area contributed by atoms with Gasteiger partial charge in [0, 0.05) is 54.2 Å². The van der Waals surface area contributed by atoms with Crippen LogP contribution in [-0.2, 0) is 16.6 Å². The van der Waals surface area contributed by atoms with E-state index in [4.69, 9.17) is 9.97 Å². The minimum Gasteiger partial charge on any atom is -0.390 e. The predicted octanol–water partition coefficient (Wildman–Crippen LogP) is 1.18. The van der Waals surface area contributed by atoms with E-state index >= 15 is 0 Å². The average molecular weight is 501 g/mol. The normalized spacial score (nSPS) is 18.9. The van der Waals surface area contributed by atoms with Gasteiger partial charge in [-0.2, -0.15) is 9.97 Å². The lowest BCUT2D eigenvalue weighted by Crippen LogP contribution is -2.61. The first-order valence-corrected chi connectivity index (χ1v) is 14.1. The van der Waals surface area contributed by atoms with Gasteiger partial charge in [0.15, 0.2) is 5.82 Å². The van der Waals surface area contributed by atoms with Crippen LogP contribution in [0.25, 0.3) is 11.0 Å². The monoisotopic (exact) mass is 500 g/mol. The molecule has 3 aromatic rings. The van der Waals surface area contributed by atoms with Crippen LogP contribution in [0.5, 0.6) is 0 Å². The molecule has 0 unspecified atom stereocenters. The molecular weight excluding hydrogens is 470 g/mol. The molecule has 2 aromatic heterocycles. The standard InChI is InChI=1S/C23H30N7O2S2/c31-13-12-30(10-6-24-7-11-30)23-27-20-19(21(28-23)29-8-14-34(32)15-9-29)25-17-26-22(20)33-16-18-4-2-1-3-5-18/h1-5,17,24,31H,6-16H2/q+1. The number of thioether (sulfide) groups is 1. The Bertz CT molecular complexity index is 1140. The van der Waals surface area contributed by atoms with E-state index in [1.54, 1.807) is 18.1 Å². The number of hydrogen-bond acceptors (Lipinski definition) is 9. The zero-order valence-corrected chi connectivity index (χ0v) is 20.7. The molecule has 2 fully saturated rings. The molecule has 0 aliphatic carbocycles. The van der Waals surface area contributed by atoms with E-state index in [2.05, 4.69) is 32.3 Å². The number of quaternary nitrogens is 1. The average Bonchev–Trinajstić information content (AvgIpc) is 2.88. The Kier molecular flexibility index (Phi) is 7.35. The number of nitrogens with one attached hydrogen (secondary N) is 1. The van der Waals surface area contributed by atoms with Gasteiger partial charge in [0.25, 0.3) is 0 Å². The third-order valence-corrected chi connectivity index (χ3v) is 8.83. The van der Waals surface area contributed by atoms with Gasteiger partial charge in [-0.05, 0) is 5.56 Å². The number of aliphatic hydroxyl groups excluding tert-OH is 1. The summed E-state index contributed by atoms with van der Waals surface area (Å²) < 4.78 is 12.5. The number of piperazine rings is 1. The zero-order valence-electron chi connectivity index (χ0n) is 19.1. The molecule has 34 heavy (non-hydrogen) atoms. The molecule has 2 aliphatic rings. The topological polar surface area (TPSA) is 104 Å². The molecule has 0 radical (unpaired) electrons. The SMILES string of the molecule is O=S1CCN(c2nc([N+]3(CCO)CCNCC3)nc3c(SCc4ccccc4)ncnc23)CC1. The Balaban J connectivity index is 1.60. The molecule has 4 heterocycles. The highest BCUT2D eigenvalue weighted by Crippen LogP contribution is 2.34. The molecule has 0 bridgehead atoms. The number of fused-ring (bicyclic) bond motifs is 1. The van der Waals surface area contributed by atoms with E-state index in [9.17, 15) is 9.32 Å². The summed E-state index contributed by atoms with van der Waals surface area (Å²) in [4.78, 5) is 21.5. The van der Waals surface area contributed by atoms with E-state index in [-0.39, 0.29) is 6.61 Å². The quantitative estimate of drug-likeness (QED) is 0.281. The summed E-state index contributed by atoms with van der Waals surface area (Å²) in [7, 11) is -0.785. The number of rotatable bonds is 7. The van der Waals surface area contributed by atoms with Crippen molar-refractivity contribution >= 4 is 45.4 Å². The Morgan fingerprint density at radius 3 is 2.56 bits per heavy atom. The maximum Gasteiger partial charge on any atom is 0.331 e. The van der Waals surface area contributed by atoms with Crippen molar-refractivity contribution in [1.82, 2.24) is 29.7 Å². The lowest BCUT2D eigenvalue weighted by atomic mass is 10.2. The van der Waals surface area contributed by atoms with Crippen molar-refractivity contribution < 1.29 is 9.32 Å². The molecule has 0 spiro atoms. The molecule has 11 heteroatoms. The zero-order chi connectivity index (χ0) is 23.4. The van der Waals surface area contributed by atoms with Crippen molar-refractivity contribution in [2.24, 2.45) is 0 Å². The number of nitrogens with zero attached hydrogens (tertiary/aromatic N) is 6. The Hall–Kier alpha value is -2.18. The van der Waals surface area contributed by atoms with Crippen molar-refractivity contribution in [2.75, 3.05) is 68.8 Å². The largest absolute Gasteiger partial charge is 0.390 e. The van der Waals surface area contributed by atoms with Crippen LogP contribution in [-0.4, -0.2) is 93.2 Å². The van der Waals surface area contributed by atoms with Gasteiger partial charge in [-0.25, -0.2) is 9.97 Å². The minimum absolute atomic E-state index is 0.0698. The molecule has 0 atom stereocenters. The third-order valence-electron chi connectivity index (χ3n) is 6.50. The summed E-state index contributed by atoms with van der Waals surface area (Å²) >= 11 is 1.65. The molecule has 2 aliphatic heterocycles. The number of benzene rings is 1. The summed E-state index contributed by atoms with van der Waals surface area (Å²) in [6.07, 6.45) is 1.59. The summed E-state index contributed by atoms with van der Waals surface area (Å²) in [5.41, 5.74) is 2.71. The molecule has 2 saturated heterocycles. The molecule has 2 N–H and O–H groups in total. The molecule has 0 saturated carbocycles. The fraction of sp³-hybridized carbons (Fsp3) is 0.478. The van der Waals surface area contributed by atoms with Crippen LogP contribution in [0, 0.1) is 0 Å². The highest BCUT2D eigenvalue weighted by Gasteiger charge is 2.37. The number of anilines is 1. The van der Waals surface area contributed by atoms with Crippen molar-refractivity contribution in [3.8, 4) is 0 Å². The predicted molar refractivity (Wildman–Crippen MR) is 138 cm³/mol. The van der Waals surface area contributed by atoms with Gasteiger partial charge in [0.2, 0.25) is 0 Å². The van der Waals surface area contributed by atoms with Crippen LogP contribution in [0.4, 0.5) is 11.8 Å². The fourth-order valence-electron chi connectivity index (χ4n) is 4.55. The van der Waals surface area contributed by atoms with Gasteiger partial charge in [0.05, 0.1) is 19.7 Å². The Morgan fingerprint density at radius 2 is 1.82 bits per heavy atom. The second-order valence-corrected chi connectivity index (χ2v) is 11.3. The van der Waals surface area contributed by atoms with Crippen molar-refractivity contribution in [3.63, 3.8) is 0 Å². The molecular formula is C23H30N7O2S2+.